The van der Waals surface area contributed by atoms with Crippen molar-refractivity contribution < 1.29 is 4.74 Å². The molecule has 6 nitrogen and oxygen atoms in total. The van der Waals surface area contributed by atoms with E-state index < -0.39 is 0 Å². The van der Waals surface area contributed by atoms with Gasteiger partial charge in [-0.25, -0.2) is 4.68 Å². The van der Waals surface area contributed by atoms with Gasteiger partial charge in [-0.2, -0.15) is 5.26 Å². The van der Waals surface area contributed by atoms with Gasteiger partial charge in [0.15, 0.2) is 6.23 Å². The first-order valence-corrected chi connectivity index (χ1v) is 8.57. The van der Waals surface area contributed by atoms with Crippen molar-refractivity contribution in [2.24, 2.45) is 0 Å². The molecule has 0 amide bonds. The van der Waals surface area contributed by atoms with Gasteiger partial charge in [-0.3, -0.25) is 0 Å². The molecule has 6 heteroatoms. The molecule has 1 unspecified atom stereocenters. The highest BCUT2D eigenvalue weighted by molar-refractivity contribution is 5.50. The first-order valence-electron chi connectivity index (χ1n) is 8.57. The Hall–Kier alpha value is -3.17. The number of hydrogen-bond acceptors (Lipinski definition) is 5. The molecular weight excluding hydrogens is 326 g/mol. The Balaban J connectivity index is 1.52. The van der Waals surface area contributed by atoms with E-state index in [4.69, 9.17) is 10.00 Å². The minimum Gasteiger partial charge on any atom is -0.350 e. The highest BCUT2D eigenvalue weighted by Crippen LogP contribution is 2.31. The van der Waals surface area contributed by atoms with Crippen LogP contribution in [-0.4, -0.2) is 28.1 Å². The third-order valence-corrected chi connectivity index (χ3v) is 4.46. The summed E-state index contributed by atoms with van der Waals surface area (Å²) in [6.45, 7) is 4.19. The fourth-order valence-corrected chi connectivity index (χ4v) is 3.16. The van der Waals surface area contributed by atoms with E-state index in [2.05, 4.69) is 52.5 Å². The van der Waals surface area contributed by atoms with Gasteiger partial charge in [0.05, 0.1) is 31.0 Å². The Morgan fingerprint density at radius 1 is 1.23 bits per heavy atom. The molecule has 1 fully saturated rings. The molecule has 1 aromatic heterocycles. The average molecular weight is 345 g/mol. The summed E-state index contributed by atoms with van der Waals surface area (Å²) in [5.74, 6) is 0. The maximum Gasteiger partial charge on any atom is 0.177 e. The molecule has 130 valence electrons. The number of benzene rings is 2. The monoisotopic (exact) mass is 345 g/mol. The quantitative estimate of drug-likeness (QED) is 0.727. The number of aryl methyl sites for hydroxylation is 1. The average Bonchev–Trinajstić information content (AvgIpc) is 3.31. The maximum absolute atomic E-state index is 8.88. The van der Waals surface area contributed by atoms with Gasteiger partial charge in [-0.15, -0.1) is 5.10 Å². The minimum absolute atomic E-state index is 0.216. The van der Waals surface area contributed by atoms with Crippen molar-refractivity contribution in [1.29, 1.82) is 5.26 Å². The largest absolute Gasteiger partial charge is 0.350 e. The van der Waals surface area contributed by atoms with Gasteiger partial charge < -0.3 is 9.64 Å². The van der Waals surface area contributed by atoms with Crippen molar-refractivity contribution in [3.8, 4) is 6.07 Å². The molecule has 3 aromatic rings. The van der Waals surface area contributed by atoms with Crippen LogP contribution in [-0.2, 0) is 11.3 Å². The Labute approximate surface area is 152 Å². The second-order valence-electron chi connectivity index (χ2n) is 6.41. The second-order valence-corrected chi connectivity index (χ2v) is 6.41. The fourth-order valence-electron chi connectivity index (χ4n) is 3.16. The summed E-state index contributed by atoms with van der Waals surface area (Å²) in [5.41, 5.74) is 4.88. The molecule has 0 saturated carbocycles. The lowest BCUT2D eigenvalue weighted by Gasteiger charge is -2.23. The Morgan fingerprint density at radius 2 is 2.08 bits per heavy atom. The van der Waals surface area contributed by atoms with Gasteiger partial charge in [-0.1, -0.05) is 29.5 Å². The summed E-state index contributed by atoms with van der Waals surface area (Å²) in [6, 6.07) is 18.0. The van der Waals surface area contributed by atoms with Gasteiger partial charge in [0.2, 0.25) is 0 Å². The third-order valence-electron chi connectivity index (χ3n) is 4.46. The molecular formula is C20H19N5O. The third kappa shape index (κ3) is 3.30. The number of hydrogen-bond donors (Lipinski definition) is 0. The van der Waals surface area contributed by atoms with Crippen LogP contribution in [0.5, 0.6) is 0 Å². The standard InChI is InChI=1S/C20H19N5O/c1-15-3-2-4-18(11-15)25-9-10-26-20(25)19-14-24(23-22-19)13-17-7-5-16(12-21)6-8-17/h2-8,11,14,20H,9-10,13H2,1H3. The molecule has 0 N–H and O–H groups in total. The van der Waals surface area contributed by atoms with E-state index in [1.807, 2.05) is 30.5 Å². The zero-order valence-corrected chi connectivity index (χ0v) is 14.5. The predicted octanol–water partition coefficient (Wildman–Crippen LogP) is 3.04. The molecule has 1 aliphatic heterocycles. The predicted molar refractivity (Wildman–Crippen MR) is 97.5 cm³/mol. The number of ether oxygens (including phenoxy) is 1. The van der Waals surface area contributed by atoms with E-state index in [1.165, 1.54) is 5.56 Å². The van der Waals surface area contributed by atoms with Crippen molar-refractivity contribution in [2.45, 2.75) is 19.7 Å². The highest BCUT2D eigenvalue weighted by atomic mass is 16.5. The van der Waals surface area contributed by atoms with Gasteiger partial charge in [0, 0.05) is 12.2 Å². The molecule has 26 heavy (non-hydrogen) atoms. The first kappa shape index (κ1) is 16.3. The second kappa shape index (κ2) is 6.98. The Kier molecular flexibility index (Phi) is 4.38. The molecule has 2 heterocycles. The van der Waals surface area contributed by atoms with Crippen molar-refractivity contribution in [3.63, 3.8) is 0 Å². The van der Waals surface area contributed by atoms with Crippen LogP contribution in [0.4, 0.5) is 5.69 Å². The van der Waals surface area contributed by atoms with E-state index in [1.54, 1.807) is 4.68 Å². The molecule has 2 aromatic carbocycles. The fraction of sp³-hybridized carbons (Fsp3) is 0.250. The lowest BCUT2D eigenvalue weighted by molar-refractivity contribution is 0.110. The van der Waals surface area contributed by atoms with Crippen molar-refractivity contribution >= 4 is 5.69 Å². The molecule has 1 aliphatic rings. The van der Waals surface area contributed by atoms with E-state index in [0.717, 1.165) is 23.5 Å². The Bertz CT molecular complexity index is 941. The van der Waals surface area contributed by atoms with Crippen LogP contribution in [0.25, 0.3) is 0 Å². The number of anilines is 1. The SMILES string of the molecule is Cc1cccc(N2CCOC2c2cn(Cc3ccc(C#N)cc3)nn2)c1. The van der Waals surface area contributed by atoms with Crippen LogP contribution in [0.3, 0.4) is 0 Å². The normalized spacial score (nSPS) is 16.6. The first-order chi connectivity index (χ1) is 12.7. The van der Waals surface area contributed by atoms with Crippen LogP contribution >= 0.6 is 0 Å². The minimum atomic E-state index is -0.216. The van der Waals surface area contributed by atoms with Crippen molar-refractivity contribution in [2.75, 3.05) is 18.1 Å². The lowest BCUT2D eigenvalue weighted by Crippen LogP contribution is -2.23. The summed E-state index contributed by atoms with van der Waals surface area (Å²) >= 11 is 0. The molecule has 1 atom stereocenters. The molecule has 0 radical (unpaired) electrons. The van der Waals surface area contributed by atoms with Crippen molar-refractivity contribution in [1.82, 2.24) is 15.0 Å². The number of rotatable bonds is 4. The van der Waals surface area contributed by atoms with Crippen LogP contribution in [0.1, 0.15) is 28.6 Å². The van der Waals surface area contributed by atoms with Gasteiger partial charge in [0.1, 0.15) is 5.69 Å². The summed E-state index contributed by atoms with van der Waals surface area (Å²) in [7, 11) is 0. The molecule has 4 rings (SSSR count). The molecule has 0 bridgehead atoms. The maximum atomic E-state index is 8.88. The topological polar surface area (TPSA) is 67.0 Å². The summed E-state index contributed by atoms with van der Waals surface area (Å²) in [5, 5.41) is 17.4. The summed E-state index contributed by atoms with van der Waals surface area (Å²) in [4.78, 5) is 2.21. The van der Waals surface area contributed by atoms with E-state index in [-0.39, 0.29) is 6.23 Å². The smallest absolute Gasteiger partial charge is 0.177 e. The lowest BCUT2D eigenvalue weighted by atomic mass is 10.1. The van der Waals surface area contributed by atoms with Crippen LogP contribution < -0.4 is 4.90 Å². The van der Waals surface area contributed by atoms with Crippen LogP contribution in [0.2, 0.25) is 0 Å². The van der Waals surface area contributed by atoms with Gasteiger partial charge in [-0.05, 0) is 42.3 Å². The van der Waals surface area contributed by atoms with Crippen LogP contribution in [0.15, 0.2) is 54.7 Å². The zero-order chi connectivity index (χ0) is 17.9. The highest BCUT2D eigenvalue weighted by Gasteiger charge is 2.29. The summed E-state index contributed by atoms with van der Waals surface area (Å²) in [6.07, 6.45) is 1.71. The number of aromatic nitrogens is 3. The van der Waals surface area contributed by atoms with Crippen LogP contribution in [0, 0.1) is 18.3 Å². The van der Waals surface area contributed by atoms with E-state index in [9.17, 15) is 0 Å². The Morgan fingerprint density at radius 3 is 2.85 bits per heavy atom. The number of nitrogens with zero attached hydrogens (tertiary/aromatic N) is 5. The molecule has 0 aliphatic carbocycles. The summed E-state index contributed by atoms with van der Waals surface area (Å²) < 4.78 is 7.71. The molecule has 0 spiro atoms. The van der Waals surface area contributed by atoms with E-state index >= 15 is 0 Å². The zero-order valence-electron chi connectivity index (χ0n) is 14.5. The van der Waals surface area contributed by atoms with Gasteiger partial charge >= 0.3 is 0 Å². The van der Waals surface area contributed by atoms with E-state index in [0.29, 0.717) is 18.7 Å². The number of nitriles is 1. The molecule has 1 saturated heterocycles. The van der Waals surface area contributed by atoms with Crippen molar-refractivity contribution in [3.05, 3.63) is 77.1 Å². The van der Waals surface area contributed by atoms with Gasteiger partial charge in [0.25, 0.3) is 0 Å².